The van der Waals surface area contributed by atoms with Crippen LogP contribution < -0.4 is 15.4 Å². The molecule has 194 valence electrons. The Balaban J connectivity index is 1.72. The highest BCUT2D eigenvalue weighted by molar-refractivity contribution is 6.04. The van der Waals surface area contributed by atoms with Crippen LogP contribution in [0, 0.1) is 23.7 Å². The number of carbonyl (C=O) groups is 1. The number of aromatic nitrogens is 1. The molecule has 0 aliphatic carbocycles. The molecule has 1 amide bonds. The van der Waals surface area contributed by atoms with E-state index in [4.69, 9.17) is 15.9 Å². The first-order chi connectivity index (χ1) is 18.4. The SMILES string of the molecule is C#Cc1cccc(Nc2c(C#N)cnc3cc(OC4CCOC4)c(NC(=O)/C=C/CN(C)C(C)O)cc23)c1. The van der Waals surface area contributed by atoms with Gasteiger partial charge in [0.15, 0.2) is 0 Å². The van der Waals surface area contributed by atoms with Gasteiger partial charge in [0.2, 0.25) is 5.91 Å². The summed E-state index contributed by atoms with van der Waals surface area (Å²) in [6, 6.07) is 13.0. The number of aliphatic hydroxyl groups excluding tert-OH is 1. The number of hydrogen-bond donors (Lipinski definition) is 3. The number of ether oxygens (including phenoxy) is 2. The number of anilines is 3. The third-order valence-corrected chi connectivity index (χ3v) is 6.13. The van der Waals surface area contributed by atoms with Gasteiger partial charge in [0.25, 0.3) is 0 Å². The Labute approximate surface area is 221 Å². The average Bonchev–Trinajstić information content (AvgIpc) is 3.42. The van der Waals surface area contributed by atoms with E-state index < -0.39 is 6.23 Å². The van der Waals surface area contributed by atoms with Gasteiger partial charge in [-0.05, 0) is 38.2 Å². The topological polar surface area (TPSA) is 120 Å². The van der Waals surface area contributed by atoms with Crippen LogP contribution in [-0.4, -0.2) is 60.0 Å². The fourth-order valence-corrected chi connectivity index (χ4v) is 3.90. The number of likely N-dealkylation sites (N-methyl/N-ethyl adjacent to an activating group) is 1. The first-order valence-corrected chi connectivity index (χ1v) is 12.2. The number of fused-ring (bicyclic) bond motifs is 1. The second kappa shape index (κ2) is 12.2. The van der Waals surface area contributed by atoms with Crippen LogP contribution in [0.4, 0.5) is 17.1 Å². The lowest BCUT2D eigenvalue weighted by molar-refractivity contribution is -0.112. The van der Waals surface area contributed by atoms with E-state index in [1.807, 2.05) is 24.3 Å². The van der Waals surface area contributed by atoms with Crippen molar-refractivity contribution >= 4 is 33.9 Å². The molecule has 0 radical (unpaired) electrons. The molecule has 2 aromatic carbocycles. The number of terminal acetylenes is 1. The Kier molecular flexibility index (Phi) is 8.57. The van der Waals surface area contributed by atoms with Crippen molar-refractivity contribution in [1.82, 2.24) is 9.88 Å². The number of nitriles is 1. The molecule has 1 aliphatic heterocycles. The van der Waals surface area contributed by atoms with Crippen molar-refractivity contribution < 1.29 is 19.4 Å². The van der Waals surface area contributed by atoms with Crippen LogP contribution in [-0.2, 0) is 9.53 Å². The number of hydrogen-bond acceptors (Lipinski definition) is 8. The normalized spacial score (nSPS) is 15.8. The number of amides is 1. The zero-order valence-corrected chi connectivity index (χ0v) is 21.3. The fraction of sp³-hybridized carbons (Fsp3) is 0.276. The van der Waals surface area contributed by atoms with Crippen molar-refractivity contribution in [3.05, 3.63) is 65.9 Å². The summed E-state index contributed by atoms with van der Waals surface area (Å²) in [7, 11) is 1.75. The molecular weight excluding hydrogens is 482 g/mol. The Bertz CT molecular complexity index is 1430. The number of aliphatic hydroxyl groups is 1. The van der Waals surface area contributed by atoms with Crippen molar-refractivity contribution in [3.63, 3.8) is 0 Å². The largest absolute Gasteiger partial charge is 0.486 e. The maximum Gasteiger partial charge on any atom is 0.248 e. The van der Waals surface area contributed by atoms with Gasteiger partial charge in [0, 0.05) is 47.9 Å². The van der Waals surface area contributed by atoms with Crippen LogP contribution in [0.25, 0.3) is 10.9 Å². The van der Waals surface area contributed by atoms with Crippen molar-refractivity contribution in [2.75, 3.05) is 37.4 Å². The van der Waals surface area contributed by atoms with E-state index in [1.54, 1.807) is 37.1 Å². The van der Waals surface area contributed by atoms with Crippen molar-refractivity contribution in [2.24, 2.45) is 0 Å². The second-order valence-corrected chi connectivity index (χ2v) is 8.94. The summed E-state index contributed by atoms with van der Waals surface area (Å²) in [5.74, 6) is 2.69. The molecule has 1 aliphatic rings. The van der Waals surface area contributed by atoms with Crippen LogP contribution in [0.3, 0.4) is 0 Å². The maximum absolute atomic E-state index is 12.8. The van der Waals surface area contributed by atoms with Gasteiger partial charge >= 0.3 is 0 Å². The minimum Gasteiger partial charge on any atom is -0.486 e. The van der Waals surface area contributed by atoms with Crippen molar-refractivity contribution in [1.29, 1.82) is 5.26 Å². The molecule has 3 N–H and O–H groups in total. The van der Waals surface area contributed by atoms with Gasteiger partial charge in [-0.1, -0.05) is 18.1 Å². The summed E-state index contributed by atoms with van der Waals surface area (Å²) in [5, 5.41) is 26.2. The monoisotopic (exact) mass is 511 g/mol. The Morgan fingerprint density at radius 2 is 2.26 bits per heavy atom. The summed E-state index contributed by atoms with van der Waals surface area (Å²) >= 11 is 0. The number of nitrogens with zero attached hydrogens (tertiary/aromatic N) is 3. The molecule has 2 atom stereocenters. The van der Waals surface area contributed by atoms with Crippen molar-refractivity contribution in [3.8, 4) is 24.2 Å². The number of rotatable bonds is 9. The van der Waals surface area contributed by atoms with E-state index in [0.717, 1.165) is 6.42 Å². The molecule has 0 bridgehead atoms. The lowest BCUT2D eigenvalue weighted by Crippen LogP contribution is -2.28. The molecule has 9 heteroatoms. The molecule has 2 heterocycles. The molecule has 9 nitrogen and oxygen atoms in total. The third-order valence-electron chi connectivity index (χ3n) is 6.13. The van der Waals surface area contributed by atoms with Crippen LogP contribution in [0.15, 0.2) is 54.7 Å². The highest BCUT2D eigenvalue weighted by atomic mass is 16.5. The van der Waals surface area contributed by atoms with Gasteiger partial charge in [-0.15, -0.1) is 6.42 Å². The van der Waals surface area contributed by atoms with Gasteiger partial charge < -0.3 is 25.2 Å². The van der Waals surface area contributed by atoms with Crippen molar-refractivity contribution in [2.45, 2.75) is 25.7 Å². The van der Waals surface area contributed by atoms with Gasteiger partial charge in [-0.25, -0.2) is 0 Å². The summed E-state index contributed by atoms with van der Waals surface area (Å²) in [6.07, 6.45) is 10.1. The molecule has 3 aromatic rings. The number of nitrogens with one attached hydrogen (secondary N) is 2. The fourth-order valence-electron chi connectivity index (χ4n) is 3.90. The molecule has 1 aromatic heterocycles. The highest BCUT2D eigenvalue weighted by Gasteiger charge is 2.21. The van der Waals surface area contributed by atoms with Gasteiger partial charge in [0.05, 0.1) is 35.7 Å². The molecule has 38 heavy (non-hydrogen) atoms. The summed E-state index contributed by atoms with van der Waals surface area (Å²) in [5.41, 5.74) is 3.29. The smallest absolute Gasteiger partial charge is 0.248 e. The van der Waals surface area contributed by atoms with E-state index in [2.05, 4.69) is 27.6 Å². The Morgan fingerprint density at radius 3 is 2.97 bits per heavy atom. The third kappa shape index (κ3) is 6.47. The average molecular weight is 512 g/mol. The predicted octanol–water partition coefficient (Wildman–Crippen LogP) is 3.76. The van der Waals surface area contributed by atoms with E-state index in [0.29, 0.717) is 64.6 Å². The van der Waals surface area contributed by atoms with E-state index in [9.17, 15) is 15.2 Å². The van der Waals surface area contributed by atoms with Gasteiger partial charge in [-0.2, -0.15) is 5.26 Å². The standard InChI is InChI=1S/C29H29N5O4/c1-4-20-7-5-8-22(13-20)32-29-21(16-30)17-31-25-15-27(38-23-10-12-37-18-23)26(14-24(25)29)33-28(36)9-6-11-34(3)19(2)35/h1,5-9,13-15,17,19,23,35H,10-12,18H2,2-3H3,(H,31,32)(H,33,36)/b9-6+. The van der Waals surface area contributed by atoms with Crippen LogP contribution in [0.2, 0.25) is 0 Å². The van der Waals surface area contributed by atoms with Crippen LogP contribution >= 0.6 is 0 Å². The summed E-state index contributed by atoms with van der Waals surface area (Å²) < 4.78 is 11.6. The Hall–Kier alpha value is -4.41. The minimum atomic E-state index is -0.633. The lowest BCUT2D eigenvalue weighted by atomic mass is 10.1. The van der Waals surface area contributed by atoms with E-state index in [1.165, 1.54) is 12.3 Å². The molecule has 1 saturated heterocycles. The van der Waals surface area contributed by atoms with Gasteiger partial charge in [0.1, 0.15) is 24.2 Å². The lowest BCUT2D eigenvalue weighted by Gasteiger charge is -2.19. The second-order valence-electron chi connectivity index (χ2n) is 8.94. The molecule has 4 rings (SSSR count). The molecule has 0 spiro atoms. The summed E-state index contributed by atoms with van der Waals surface area (Å²) in [6.45, 7) is 3.10. The number of pyridine rings is 1. The maximum atomic E-state index is 12.8. The number of carbonyl (C=O) groups excluding carboxylic acids is 1. The zero-order valence-electron chi connectivity index (χ0n) is 21.3. The molecule has 0 saturated carbocycles. The van der Waals surface area contributed by atoms with E-state index in [-0.39, 0.29) is 12.0 Å². The number of benzene rings is 2. The Morgan fingerprint density at radius 1 is 1.42 bits per heavy atom. The first-order valence-electron chi connectivity index (χ1n) is 12.2. The zero-order chi connectivity index (χ0) is 27.1. The van der Waals surface area contributed by atoms with Crippen LogP contribution in [0.1, 0.15) is 24.5 Å². The summed E-state index contributed by atoms with van der Waals surface area (Å²) in [4.78, 5) is 18.9. The molecule has 2 unspecified atom stereocenters. The quantitative estimate of drug-likeness (QED) is 0.226. The highest BCUT2D eigenvalue weighted by Crippen LogP contribution is 2.37. The van der Waals surface area contributed by atoms with Crippen LogP contribution in [0.5, 0.6) is 5.75 Å². The molecular formula is C29H29N5O4. The first kappa shape index (κ1) is 26.6. The molecule has 1 fully saturated rings. The predicted molar refractivity (Wildman–Crippen MR) is 146 cm³/mol. The van der Waals surface area contributed by atoms with Gasteiger partial charge in [-0.3, -0.25) is 14.7 Å². The van der Waals surface area contributed by atoms with E-state index >= 15 is 0 Å². The minimum absolute atomic E-state index is 0.152.